The van der Waals surface area contributed by atoms with Gasteiger partial charge in [0.05, 0.1) is 0 Å². The minimum Gasteiger partial charge on any atom is -0.354 e. The lowest BCUT2D eigenvalue weighted by molar-refractivity contribution is 0.128. The van der Waals surface area contributed by atoms with Crippen LogP contribution in [0.25, 0.3) is 0 Å². The van der Waals surface area contributed by atoms with Gasteiger partial charge < -0.3 is 10.6 Å². The SMILES string of the molecule is CCC(N)Cc1cccnc1N1CCN(C(C)(C)C)CC1. The Bertz CT molecular complexity index is 444. The number of pyridine rings is 1. The fourth-order valence-corrected chi connectivity index (χ4v) is 2.89. The van der Waals surface area contributed by atoms with Gasteiger partial charge in [-0.2, -0.15) is 0 Å². The molecule has 2 rings (SSSR count). The fraction of sp³-hybridized carbons (Fsp3) is 0.706. The summed E-state index contributed by atoms with van der Waals surface area (Å²) in [5, 5.41) is 0. The average molecular weight is 290 g/mol. The van der Waals surface area contributed by atoms with E-state index in [9.17, 15) is 0 Å². The zero-order valence-corrected chi connectivity index (χ0v) is 14.0. The van der Waals surface area contributed by atoms with E-state index in [0.717, 1.165) is 44.8 Å². The van der Waals surface area contributed by atoms with E-state index >= 15 is 0 Å². The Morgan fingerprint density at radius 2 is 1.90 bits per heavy atom. The van der Waals surface area contributed by atoms with Crippen molar-refractivity contribution in [2.24, 2.45) is 5.73 Å². The van der Waals surface area contributed by atoms with Gasteiger partial charge in [-0.1, -0.05) is 13.0 Å². The van der Waals surface area contributed by atoms with E-state index < -0.39 is 0 Å². The third-order valence-electron chi connectivity index (χ3n) is 4.40. The van der Waals surface area contributed by atoms with Gasteiger partial charge in [0.25, 0.3) is 0 Å². The quantitative estimate of drug-likeness (QED) is 0.924. The highest BCUT2D eigenvalue weighted by Crippen LogP contribution is 2.23. The fourth-order valence-electron chi connectivity index (χ4n) is 2.89. The number of anilines is 1. The molecule has 1 saturated heterocycles. The Morgan fingerprint density at radius 1 is 1.24 bits per heavy atom. The minimum absolute atomic E-state index is 0.226. The van der Waals surface area contributed by atoms with E-state index in [4.69, 9.17) is 5.73 Å². The summed E-state index contributed by atoms with van der Waals surface area (Å²) in [4.78, 5) is 9.59. The molecule has 4 nitrogen and oxygen atoms in total. The minimum atomic E-state index is 0.226. The van der Waals surface area contributed by atoms with Gasteiger partial charge in [0, 0.05) is 44.0 Å². The molecule has 118 valence electrons. The normalized spacial score (nSPS) is 18.8. The molecule has 0 aromatic carbocycles. The van der Waals surface area contributed by atoms with Crippen molar-refractivity contribution in [2.75, 3.05) is 31.1 Å². The van der Waals surface area contributed by atoms with Crippen LogP contribution in [-0.2, 0) is 6.42 Å². The standard InChI is InChI=1S/C17H30N4/c1-5-15(18)13-14-7-6-8-19-16(14)20-9-11-21(12-10-20)17(2,3)4/h6-8,15H,5,9-13,18H2,1-4H3. The molecule has 2 N–H and O–H groups in total. The Labute approximate surface area is 129 Å². The lowest BCUT2D eigenvalue weighted by Crippen LogP contribution is -2.53. The first kappa shape index (κ1) is 16.2. The van der Waals surface area contributed by atoms with E-state index in [0.29, 0.717) is 0 Å². The van der Waals surface area contributed by atoms with Crippen molar-refractivity contribution in [3.63, 3.8) is 0 Å². The van der Waals surface area contributed by atoms with E-state index in [1.54, 1.807) is 0 Å². The van der Waals surface area contributed by atoms with Crippen LogP contribution in [0, 0.1) is 0 Å². The molecular formula is C17H30N4. The molecule has 0 saturated carbocycles. The highest BCUT2D eigenvalue weighted by molar-refractivity contribution is 5.47. The highest BCUT2D eigenvalue weighted by Gasteiger charge is 2.27. The summed E-state index contributed by atoms with van der Waals surface area (Å²) in [6, 6.07) is 4.42. The number of nitrogens with two attached hydrogens (primary N) is 1. The molecule has 4 heteroatoms. The van der Waals surface area contributed by atoms with Crippen molar-refractivity contribution >= 4 is 5.82 Å². The van der Waals surface area contributed by atoms with E-state index in [1.807, 2.05) is 12.3 Å². The predicted octanol–water partition coefficient (Wildman–Crippen LogP) is 2.28. The van der Waals surface area contributed by atoms with Gasteiger partial charge in [0.1, 0.15) is 5.82 Å². The molecule has 0 amide bonds. The molecule has 1 unspecified atom stereocenters. The van der Waals surface area contributed by atoms with Crippen LogP contribution in [0.3, 0.4) is 0 Å². The van der Waals surface area contributed by atoms with E-state index in [-0.39, 0.29) is 11.6 Å². The molecule has 1 aliphatic rings. The van der Waals surface area contributed by atoms with Crippen molar-refractivity contribution in [3.8, 4) is 0 Å². The number of piperazine rings is 1. The van der Waals surface area contributed by atoms with Gasteiger partial charge in [-0.15, -0.1) is 0 Å². The molecule has 1 aromatic heterocycles. The van der Waals surface area contributed by atoms with Gasteiger partial charge >= 0.3 is 0 Å². The lowest BCUT2D eigenvalue weighted by atomic mass is 10.0. The van der Waals surface area contributed by atoms with Crippen LogP contribution in [0.2, 0.25) is 0 Å². The van der Waals surface area contributed by atoms with E-state index in [1.165, 1.54) is 5.56 Å². The second kappa shape index (κ2) is 6.75. The van der Waals surface area contributed by atoms with Crippen LogP contribution in [0.1, 0.15) is 39.7 Å². The summed E-state index contributed by atoms with van der Waals surface area (Å²) in [5.41, 5.74) is 7.67. The van der Waals surface area contributed by atoms with Gasteiger partial charge in [-0.25, -0.2) is 4.98 Å². The van der Waals surface area contributed by atoms with Crippen LogP contribution in [0.5, 0.6) is 0 Å². The Balaban J connectivity index is 2.06. The molecule has 1 aromatic rings. The maximum Gasteiger partial charge on any atom is 0.131 e. The Hall–Kier alpha value is -1.13. The largest absolute Gasteiger partial charge is 0.354 e. The first-order chi connectivity index (χ1) is 9.91. The van der Waals surface area contributed by atoms with Crippen molar-refractivity contribution in [3.05, 3.63) is 23.9 Å². The zero-order chi connectivity index (χ0) is 15.5. The van der Waals surface area contributed by atoms with Crippen molar-refractivity contribution in [1.82, 2.24) is 9.88 Å². The van der Waals surface area contributed by atoms with Crippen molar-refractivity contribution < 1.29 is 0 Å². The summed E-state index contributed by atoms with van der Waals surface area (Å²) in [6.07, 6.45) is 3.82. The molecule has 0 bridgehead atoms. The summed E-state index contributed by atoms with van der Waals surface area (Å²) in [5.74, 6) is 1.13. The summed E-state index contributed by atoms with van der Waals surface area (Å²) < 4.78 is 0. The topological polar surface area (TPSA) is 45.4 Å². The number of hydrogen-bond acceptors (Lipinski definition) is 4. The van der Waals surface area contributed by atoms with Gasteiger partial charge in [-0.05, 0) is 45.2 Å². The highest BCUT2D eigenvalue weighted by atomic mass is 15.3. The molecule has 0 radical (unpaired) electrons. The van der Waals surface area contributed by atoms with Gasteiger partial charge in [0.15, 0.2) is 0 Å². The first-order valence-corrected chi connectivity index (χ1v) is 8.11. The second-order valence-corrected chi connectivity index (χ2v) is 7.00. The Kier molecular flexibility index (Phi) is 5.22. The smallest absolute Gasteiger partial charge is 0.131 e. The molecule has 2 heterocycles. The average Bonchev–Trinajstić information content (AvgIpc) is 2.47. The number of rotatable bonds is 4. The number of nitrogens with zero attached hydrogens (tertiary/aromatic N) is 3. The van der Waals surface area contributed by atoms with Crippen LogP contribution in [0.15, 0.2) is 18.3 Å². The summed E-state index contributed by atoms with van der Waals surface area (Å²) >= 11 is 0. The summed E-state index contributed by atoms with van der Waals surface area (Å²) in [6.45, 7) is 13.3. The van der Waals surface area contributed by atoms with Gasteiger partial charge in [-0.3, -0.25) is 4.90 Å². The first-order valence-electron chi connectivity index (χ1n) is 8.11. The van der Waals surface area contributed by atoms with Crippen LogP contribution in [0.4, 0.5) is 5.82 Å². The maximum atomic E-state index is 6.13. The molecular weight excluding hydrogens is 260 g/mol. The maximum absolute atomic E-state index is 6.13. The number of aromatic nitrogens is 1. The lowest BCUT2D eigenvalue weighted by Gasteiger charge is -2.43. The van der Waals surface area contributed by atoms with Crippen molar-refractivity contribution in [1.29, 1.82) is 0 Å². The number of hydrogen-bond donors (Lipinski definition) is 1. The summed E-state index contributed by atoms with van der Waals surface area (Å²) in [7, 11) is 0. The molecule has 21 heavy (non-hydrogen) atoms. The second-order valence-electron chi connectivity index (χ2n) is 7.00. The third-order valence-corrected chi connectivity index (χ3v) is 4.40. The molecule has 0 spiro atoms. The molecule has 1 fully saturated rings. The molecule has 1 aliphatic heterocycles. The molecule has 1 atom stereocenters. The van der Waals surface area contributed by atoms with Crippen LogP contribution < -0.4 is 10.6 Å². The predicted molar refractivity (Wildman–Crippen MR) is 89.7 cm³/mol. The van der Waals surface area contributed by atoms with Crippen LogP contribution in [-0.4, -0.2) is 47.6 Å². The van der Waals surface area contributed by atoms with E-state index in [2.05, 4.69) is 48.5 Å². The molecule has 0 aliphatic carbocycles. The zero-order valence-electron chi connectivity index (χ0n) is 14.0. The third kappa shape index (κ3) is 4.17. The van der Waals surface area contributed by atoms with Crippen molar-refractivity contribution in [2.45, 2.75) is 52.1 Å². The van der Waals surface area contributed by atoms with Gasteiger partial charge in [0.2, 0.25) is 0 Å². The van der Waals surface area contributed by atoms with Crippen LogP contribution >= 0.6 is 0 Å². The monoisotopic (exact) mass is 290 g/mol. The Morgan fingerprint density at radius 3 is 2.48 bits per heavy atom.